The Morgan fingerprint density at radius 1 is 1.57 bits per heavy atom. The van der Waals surface area contributed by atoms with Crippen molar-refractivity contribution in [2.75, 3.05) is 7.11 Å². The Morgan fingerprint density at radius 2 is 2.36 bits per heavy atom. The Morgan fingerprint density at radius 3 is 3.00 bits per heavy atom. The summed E-state index contributed by atoms with van der Waals surface area (Å²) in [6.45, 7) is 0. The van der Waals surface area contributed by atoms with Gasteiger partial charge in [0.1, 0.15) is 0 Å². The second kappa shape index (κ2) is 3.75. The SMILES string of the molecule is COc1cc2sccc2c(CCl)c1F. The molecule has 0 aliphatic carbocycles. The van der Waals surface area contributed by atoms with E-state index in [9.17, 15) is 4.39 Å². The van der Waals surface area contributed by atoms with Crippen LogP contribution in [0.3, 0.4) is 0 Å². The van der Waals surface area contributed by atoms with Crippen LogP contribution in [-0.2, 0) is 5.88 Å². The van der Waals surface area contributed by atoms with Crippen molar-refractivity contribution >= 4 is 33.0 Å². The van der Waals surface area contributed by atoms with Crippen LogP contribution in [0, 0.1) is 5.82 Å². The molecular weight excluding hydrogens is 223 g/mol. The molecule has 1 aromatic heterocycles. The maximum Gasteiger partial charge on any atom is 0.170 e. The number of ether oxygens (including phenoxy) is 1. The van der Waals surface area contributed by atoms with Gasteiger partial charge in [-0.15, -0.1) is 22.9 Å². The van der Waals surface area contributed by atoms with E-state index in [1.54, 1.807) is 17.4 Å². The van der Waals surface area contributed by atoms with E-state index in [0.717, 1.165) is 10.1 Å². The van der Waals surface area contributed by atoms with Crippen molar-refractivity contribution < 1.29 is 9.13 Å². The highest BCUT2D eigenvalue weighted by Gasteiger charge is 2.13. The molecule has 0 saturated carbocycles. The molecule has 0 unspecified atom stereocenters. The maximum absolute atomic E-state index is 13.7. The minimum absolute atomic E-state index is 0.163. The van der Waals surface area contributed by atoms with Gasteiger partial charge in [-0.2, -0.15) is 0 Å². The van der Waals surface area contributed by atoms with Crippen molar-refractivity contribution in [2.45, 2.75) is 5.88 Å². The van der Waals surface area contributed by atoms with E-state index in [4.69, 9.17) is 16.3 Å². The molecule has 0 aliphatic heterocycles. The van der Waals surface area contributed by atoms with E-state index in [1.165, 1.54) is 7.11 Å². The number of alkyl halides is 1. The number of hydrogen-bond acceptors (Lipinski definition) is 2. The summed E-state index contributed by atoms with van der Waals surface area (Å²) >= 11 is 7.26. The quantitative estimate of drug-likeness (QED) is 0.714. The number of methoxy groups -OCH3 is 1. The van der Waals surface area contributed by atoms with E-state index in [1.807, 2.05) is 11.4 Å². The fourth-order valence-corrected chi connectivity index (χ4v) is 2.52. The summed E-state index contributed by atoms with van der Waals surface area (Å²) in [5.74, 6) is 0.0694. The second-order valence-corrected chi connectivity index (χ2v) is 4.05. The first-order valence-corrected chi connectivity index (χ1v) is 5.48. The van der Waals surface area contributed by atoms with Gasteiger partial charge in [-0.05, 0) is 11.4 Å². The predicted molar refractivity (Wildman–Crippen MR) is 57.9 cm³/mol. The van der Waals surface area contributed by atoms with Crippen LogP contribution in [0.25, 0.3) is 10.1 Å². The summed E-state index contributed by atoms with van der Waals surface area (Å²) in [6, 6.07) is 3.58. The van der Waals surface area contributed by atoms with E-state index >= 15 is 0 Å². The molecule has 0 radical (unpaired) electrons. The van der Waals surface area contributed by atoms with Gasteiger partial charge in [0.25, 0.3) is 0 Å². The summed E-state index contributed by atoms with van der Waals surface area (Å²) in [4.78, 5) is 0. The molecule has 0 aliphatic rings. The van der Waals surface area contributed by atoms with Gasteiger partial charge in [0, 0.05) is 21.7 Å². The molecule has 14 heavy (non-hydrogen) atoms. The Labute approximate surface area is 90.1 Å². The largest absolute Gasteiger partial charge is 0.494 e. The lowest BCUT2D eigenvalue weighted by Gasteiger charge is -2.06. The monoisotopic (exact) mass is 230 g/mol. The van der Waals surface area contributed by atoms with Crippen LogP contribution in [0.2, 0.25) is 0 Å². The topological polar surface area (TPSA) is 9.23 Å². The summed E-state index contributed by atoms with van der Waals surface area (Å²) in [5.41, 5.74) is 0.516. The first-order valence-electron chi connectivity index (χ1n) is 4.06. The molecule has 1 heterocycles. The summed E-state index contributed by atoms with van der Waals surface area (Å²) in [6.07, 6.45) is 0. The number of thiophene rings is 1. The van der Waals surface area contributed by atoms with Gasteiger partial charge >= 0.3 is 0 Å². The van der Waals surface area contributed by atoms with Crippen LogP contribution in [0.15, 0.2) is 17.5 Å². The third-order valence-electron chi connectivity index (χ3n) is 2.12. The average molecular weight is 231 g/mol. The Balaban J connectivity index is 2.80. The fourth-order valence-electron chi connectivity index (χ4n) is 1.41. The third-order valence-corrected chi connectivity index (χ3v) is 3.25. The van der Waals surface area contributed by atoms with Gasteiger partial charge in [-0.1, -0.05) is 0 Å². The van der Waals surface area contributed by atoms with Crippen molar-refractivity contribution in [1.82, 2.24) is 0 Å². The molecule has 0 saturated heterocycles. The highest BCUT2D eigenvalue weighted by molar-refractivity contribution is 7.17. The maximum atomic E-state index is 13.7. The van der Waals surface area contributed by atoms with Crippen molar-refractivity contribution in [3.8, 4) is 5.75 Å². The number of rotatable bonds is 2. The van der Waals surface area contributed by atoms with Crippen molar-refractivity contribution in [3.63, 3.8) is 0 Å². The molecular formula is C10H8ClFOS. The van der Waals surface area contributed by atoms with Crippen LogP contribution in [0.1, 0.15) is 5.56 Å². The Bertz CT molecular complexity index is 466. The summed E-state index contributed by atoms with van der Waals surface area (Å²) in [5, 5.41) is 2.79. The molecule has 0 fully saturated rings. The summed E-state index contributed by atoms with van der Waals surface area (Å²) in [7, 11) is 1.45. The lowest BCUT2D eigenvalue weighted by atomic mass is 10.1. The van der Waals surface area contributed by atoms with Crippen molar-refractivity contribution in [2.24, 2.45) is 0 Å². The van der Waals surface area contributed by atoms with Gasteiger partial charge < -0.3 is 4.74 Å². The summed E-state index contributed by atoms with van der Waals surface area (Å²) < 4.78 is 19.6. The molecule has 2 aromatic rings. The molecule has 0 N–H and O–H groups in total. The Hall–Kier alpha value is -0.800. The number of fused-ring (bicyclic) bond motifs is 1. The van der Waals surface area contributed by atoms with E-state index in [-0.39, 0.29) is 17.4 Å². The zero-order chi connectivity index (χ0) is 10.1. The predicted octanol–water partition coefficient (Wildman–Crippen LogP) is 3.79. The molecule has 74 valence electrons. The zero-order valence-corrected chi connectivity index (χ0v) is 9.08. The van der Waals surface area contributed by atoms with Crippen LogP contribution in [0.5, 0.6) is 5.75 Å². The number of halogens is 2. The molecule has 1 aromatic carbocycles. The average Bonchev–Trinajstić information content (AvgIpc) is 2.64. The smallest absolute Gasteiger partial charge is 0.170 e. The van der Waals surface area contributed by atoms with Crippen molar-refractivity contribution in [1.29, 1.82) is 0 Å². The minimum atomic E-state index is -0.353. The fraction of sp³-hybridized carbons (Fsp3) is 0.200. The van der Waals surface area contributed by atoms with Gasteiger partial charge in [0.05, 0.1) is 13.0 Å². The van der Waals surface area contributed by atoms with E-state index in [0.29, 0.717) is 5.56 Å². The highest BCUT2D eigenvalue weighted by Crippen LogP contribution is 2.33. The van der Waals surface area contributed by atoms with Gasteiger partial charge in [0.15, 0.2) is 11.6 Å². The lowest BCUT2D eigenvalue weighted by molar-refractivity contribution is 0.386. The second-order valence-electron chi connectivity index (χ2n) is 2.84. The lowest BCUT2D eigenvalue weighted by Crippen LogP contribution is -1.93. The van der Waals surface area contributed by atoms with Crippen LogP contribution >= 0.6 is 22.9 Å². The molecule has 0 spiro atoms. The van der Waals surface area contributed by atoms with Gasteiger partial charge in [-0.3, -0.25) is 0 Å². The normalized spacial score (nSPS) is 10.8. The minimum Gasteiger partial charge on any atom is -0.494 e. The van der Waals surface area contributed by atoms with Crippen LogP contribution < -0.4 is 4.74 Å². The molecule has 0 atom stereocenters. The van der Waals surface area contributed by atoms with E-state index in [2.05, 4.69) is 0 Å². The molecule has 0 amide bonds. The zero-order valence-electron chi connectivity index (χ0n) is 7.51. The molecule has 2 rings (SSSR count). The van der Waals surface area contributed by atoms with Gasteiger partial charge in [-0.25, -0.2) is 4.39 Å². The third kappa shape index (κ3) is 1.37. The molecule has 1 nitrogen and oxygen atoms in total. The number of benzene rings is 1. The highest BCUT2D eigenvalue weighted by atomic mass is 35.5. The molecule has 0 bridgehead atoms. The van der Waals surface area contributed by atoms with Crippen molar-refractivity contribution in [3.05, 3.63) is 28.9 Å². The standard InChI is InChI=1S/C10H8ClFOS/c1-13-8-4-9-6(2-3-14-9)7(5-11)10(8)12/h2-4H,5H2,1H3. The van der Waals surface area contributed by atoms with Crippen LogP contribution in [0.4, 0.5) is 4.39 Å². The molecule has 4 heteroatoms. The Kier molecular flexibility index (Phi) is 2.61. The number of hydrogen-bond donors (Lipinski definition) is 0. The van der Waals surface area contributed by atoms with E-state index < -0.39 is 0 Å². The van der Waals surface area contributed by atoms with Gasteiger partial charge in [0.2, 0.25) is 0 Å². The first kappa shape index (κ1) is 9.74. The van der Waals surface area contributed by atoms with Crippen LogP contribution in [-0.4, -0.2) is 7.11 Å². The first-order chi connectivity index (χ1) is 6.77.